The highest BCUT2D eigenvalue weighted by atomic mass is 35.5. The number of benzene rings is 1. The van der Waals surface area contributed by atoms with Crippen LogP contribution in [0.25, 0.3) is 0 Å². The van der Waals surface area contributed by atoms with Crippen molar-refractivity contribution < 1.29 is 19.2 Å². The molecule has 7 nitrogen and oxygen atoms in total. The van der Waals surface area contributed by atoms with E-state index in [4.69, 9.17) is 23.2 Å². The number of carbonyl (C=O) groups is 4. The number of likely N-dealkylation sites (tertiary alicyclic amines) is 1. The van der Waals surface area contributed by atoms with Gasteiger partial charge in [0.2, 0.25) is 23.6 Å². The lowest BCUT2D eigenvalue weighted by atomic mass is 9.85. The molecule has 4 amide bonds. The van der Waals surface area contributed by atoms with Crippen LogP contribution in [-0.2, 0) is 25.7 Å². The first kappa shape index (κ1) is 27.2. The molecule has 1 aliphatic carbocycles. The summed E-state index contributed by atoms with van der Waals surface area (Å²) in [5.74, 6) is -1.65. The van der Waals surface area contributed by atoms with Gasteiger partial charge >= 0.3 is 0 Å². The summed E-state index contributed by atoms with van der Waals surface area (Å²) in [6.07, 6.45) is 7.10. The summed E-state index contributed by atoms with van der Waals surface area (Å²) >= 11 is 12.4. The Morgan fingerprint density at radius 2 is 1.77 bits per heavy atom. The van der Waals surface area contributed by atoms with Crippen LogP contribution in [0, 0.1) is 11.8 Å². The summed E-state index contributed by atoms with van der Waals surface area (Å²) in [5.41, 5.74) is 0.662. The number of rotatable bonds is 11. The van der Waals surface area contributed by atoms with E-state index < -0.39 is 6.04 Å². The van der Waals surface area contributed by atoms with Crippen molar-refractivity contribution in [3.63, 3.8) is 0 Å². The summed E-state index contributed by atoms with van der Waals surface area (Å²) in [5, 5.41) is 3.79. The molecule has 0 radical (unpaired) electrons. The van der Waals surface area contributed by atoms with Crippen molar-refractivity contribution >= 4 is 46.8 Å². The fourth-order valence-electron chi connectivity index (χ4n) is 4.70. The van der Waals surface area contributed by atoms with Crippen molar-refractivity contribution in [1.29, 1.82) is 0 Å². The van der Waals surface area contributed by atoms with E-state index >= 15 is 0 Å². The molecule has 0 aromatic heterocycles. The zero-order valence-corrected chi connectivity index (χ0v) is 21.8. The zero-order chi connectivity index (χ0) is 25.5. The Hall–Kier alpha value is -2.38. The van der Waals surface area contributed by atoms with E-state index in [0.717, 1.165) is 12.8 Å². The number of halogens is 2. The van der Waals surface area contributed by atoms with Gasteiger partial charge in [-0.3, -0.25) is 24.1 Å². The molecule has 190 valence electrons. The van der Waals surface area contributed by atoms with Gasteiger partial charge in [0.05, 0.1) is 11.8 Å². The van der Waals surface area contributed by atoms with Gasteiger partial charge in [-0.1, -0.05) is 61.7 Å². The SMILES string of the molecule is CCCCNC(=O)[C@H](CC)N(Cc1ccc(Cl)cc1Cl)C(=O)CCN1C(=O)[C@H]2CC=CC[C@H]2C1=O. The maximum Gasteiger partial charge on any atom is 0.242 e. The van der Waals surface area contributed by atoms with Crippen molar-refractivity contribution in [2.75, 3.05) is 13.1 Å². The van der Waals surface area contributed by atoms with Gasteiger partial charge in [0.15, 0.2) is 0 Å². The van der Waals surface area contributed by atoms with Crippen LogP contribution >= 0.6 is 23.2 Å². The molecule has 3 rings (SSSR count). The Morgan fingerprint density at radius 3 is 2.34 bits per heavy atom. The molecule has 0 bridgehead atoms. The maximum absolute atomic E-state index is 13.5. The average Bonchev–Trinajstić information content (AvgIpc) is 3.08. The number of amides is 4. The highest BCUT2D eigenvalue weighted by Crippen LogP contribution is 2.35. The number of unbranched alkanes of at least 4 members (excludes halogenated alkanes) is 1. The first-order chi connectivity index (χ1) is 16.8. The average molecular weight is 522 g/mol. The van der Waals surface area contributed by atoms with Crippen LogP contribution in [-0.4, -0.2) is 52.6 Å². The second kappa shape index (κ2) is 12.5. The summed E-state index contributed by atoms with van der Waals surface area (Å²) in [4.78, 5) is 54.7. The largest absolute Gasteiger partial charge is 0.354 e. The first-order valence-corrected chi connectivity index (χ1v) is 13.0. The fraction of sp³-hybridized carbons (Fsp3) is 0.538. The monoisotopic (exact) mass is 521 g/mol. The maximum atomic E-state index is 13.5. The second-order valence-electron chi connectivity index (χ2n) is 9.06. The Morgan fingerprint density at radius 1 is 1.11 bits per heavy atom. The standard InChI is InChI=1S/C26H33Cl2N3O4/c1-3-5-13-29-24(33)22(4-2)31(16-17-10-11-18(27)15-21(17)28)23(32)12-14-30-25(34)19-8-6-7-9-20(19)26(30)35/h6-7,10-11,15,19-20,22H,3-5,8-9,12-14,16H2,1-2H3,(H,29,33)/t19-,20+,22-/m0/s1. The Bertz CT molecular complexity index is 971. The summed E-state index contributed by atoms with van der Waals surface area (Å²) in [6, 6.07) is 4.31. The molecule has 1 aromatic carbocycles. The molecule has 2 aliphatic rings. The van der Waals surface area contributed by atoms with Crippen molar-refractivity contribution in [3.8, 4) is 0 Å². The molecular formula is C26H33Cl2N3O4. The Kier molecular flexibility index (Phi) is 9.75. The summed E-state index contributed by atoms with van der Waals surface area (Å²) < 4.78 is 0. The first-order valence-electron chi connectivity index (χ1n) is 12.3. The van der Waals surface area contributed by atoms with E-state index in [1.54, 1.807) is 18.2 Å². The highest BCUT2D eigenvalue weighted by Gasteiger charge is 2.47. The van der Waals surface area contributed by atoms with E-state index in [-0.39, 0.29) is 55.0 Å². The van der Waals surface area contributed by atoms with Gasteiger partial charge in [-0.15, -0.1) is 0 Å². The van der Waals surface area contributed by atoms with E-state index in [9.17, 15) is 19.2 Å². The molecule has 35 heavy (non-hydrogen) atoms. The third-order valence-electron chi connectivity index (χ3n) is 6.72. The fourth-order valence-corrected chi connectivity index (χ4v) is 5.17. The van der Waals surface area contributed by atoms with Crippen molar-refractivity contribution in [3.05, 3.63) is 46.0 Å². The molecule has 1 N–H and O–H groups in total. The number of nitrogens with zero attached hydrogens (tertiary/aromatic N) is 2. The lowest BCUT2D eigenvalue weighted by Gasteiger charge is -2.31. The Labute approximate surface area is 216 Å². The number of hydrogen-bond acceptors (Lipinski definition) is 4. The number of imide groups is 1. The highest BCUT2D eigenvalue weighted by molar-refractivity contribution is 6.35. The van der Waals surface area contributed by atoms with E-state index in [2.05, 4.69) is 5.32 Å². The van der Waals surface area contributed by atoms with Crippen LogP contribution in [0.15, 0.2) is 30.4 Å². The van der Waals surface area contributed by atoms with Crippen LogP contribution in [0.1, 0.15) is 57.9 Å². The smallest absolute Gasteiger partial charge is 0.242 e. The van der Waals surface area contributed by atoms with Gasteiger partial charge in [-0.05, 0) is 43.4 Å². The molecule has 9 heteroatoms. The minimum Gasteiger partial charge on any atom is -0.354 e. The molecule has 1 saturated heterocycles. The van der Waals surface area contributed by atoms with E-state index in [1.165, 1.54) is 9.80 Å². The van der Waals surface area contributed by atoms with Gasteiger partial charge in [-0.25, -0.2) is 0 Å². The van der Waals surface area contributed by atoms with Crippen LogP contribution < -0.4 is 5.32 Å². The van der Waals surface area contributed by atoms with Crippen LogP contribution in [0.5, 0.6) is 0 Å². The molecule has 1 heterocycles. The summed E-state index contributed by atoms with van der Waals surface area (Å²) in [7, 11) is 0. The second-order valence-corrected chi connectivity index (χ2v) is 9.90. The quantitative estimate of drug-likeness (QED) is 0.266. The van der Waals surface area contributed by atoms with Crippen molar-refractivity contribution in [1.82, 2.24) is 15.1 Å². The predicted octanol–water partition coefficient (Wildman–Crippen LogP) is 4.36. The van der Waals surface area contributed by atoms with Gasteiger partial charge < -0.3 is 10.2 Å². The predicted molar refractivity (Wildman–Crippen MR) is 136 cm³/mol. The number of allylic oxidation sites excluding steroid dienone is 2. The minimum absolute atomic E-state index is 0.00222. The van der Waals surface area contributed by atoms with Gasteiger partial charge in [0.25, 0.3) is 0 Å². The molecule has 1 aliphatic heterocycles. The Balaban J connectivity index is 1.76. The van der Waals surface area contributed by atoms with Crippen molar-refractivity contribution in [2.24, 2.45) is 11.8 Å². The third-order valence-corrected chi connectivity index (χ3v) is 7.31. The minimum atomic E-state index is -0.706. The number of hydrogen-bond donors (Lipinski definition) is 1. The van der Waals surface area contributed by atoms with Gasteiger partial charge in [0, 0.05) is 36.1 Å². The van der Waals surface area contributed by atoms with Crippen LogP contribution in [0.2, 0.25) is 10.0 Å². The molecule has 0 saturated carbocycles. The number of carbonyl (C=O) groups excluding carboxylic acids is 4. The number of nitrogens with one attached hydrogen (secondary N) is 1. The zero-order valence-electron chi connectivity index (χ0n) is 20.3. The molecule has 0 spiro atoms. The molecule has 3 atom stereocenters. The topological polar surface area (TPSA) is 86.8 Å². The van der Waals surface area contributed by atoms with Crippen molar-refractivity contribution in [2.45, 2.75) is 65.0 Å². The van der Waals surface area contributed by atoms with E-state index in [1.807, 2.05) is 26.0 Å². The van der Waals surface area contributed by atoms with Crippen LogP contribution in [0.3, 0.4) is 0 Å². The van der Waals surface area contributed by atoms with Gasteiger partial charge in [0.1, 0.15) is 6.04 Å². The van der Waals surface area contributed by atoms with Gasteiger partial charge in [-0.2, -0.15) is 0 Å². The molecule has 1 fully saturated rings. The number of fused-ring (bicyclic) bond motifs is 1. The normalized spacial score (nSPS) is 20.1. The lowest BCUT2D eigenvalue weighted by Crippen LogP contribution is -2.50. The lowest BCUT2D eigenvalue weighted by molar-refractivity contribution is -0.144. The molecule has 1 aromatic rings. The third kappa shape index (κ3) is 6.44. The molecule has 0 unspecified atom stereocenters. The molecular weight excluding hydrogens is 489 g/mol. The van der Waals surface area contributed by atoms with Crippen LogP contribution in [0.4, 0.5) is 0 Å². The summed E-state index contributed by atoms with van der Waals surface area (Å²) in [6.45, 7) is 4.53. The van der Waals surface area contributed by atoms with E-state index in [0.29, 0.717) is 41.4 Å².